The highest BCUT2D eigenvalue weighted by Gasteiger charge is 1.96. The summed E-state index contributed by atoms with van der Waals surface area (Å²) < 4.78 is 0. The van der Waals surface area contributed by atoms with Gasteiger partial charge in [-0.15, -0.1) is 0 Å². The van der Waals surface area contributed by atoms with E-state index >= 15 is 0 Å². The third-order valence-electron chi connectivity index (χ3n) is 6.66. The average Bonchev–Trinajstić information content (AvgIpc) is 2.71. The summed E-state index contributed by atoms with van der Waals surface area (Å²) in [6, 6.07) is 0. The molecule has 0 atom stereocenters. The Labute approximate surface area is 179 Å². The molecule has 0 saturated carbocycles. The molecule has 0 fully saturated rings. The van der Waals surface area contributed by atoms with Crippen molar-refractivity contribution in [3.05, 3.63) is 12.2 Å². The van der Waals surface area contributed by atoms with Gasteiger partial charge in [0.15, 0.2) is 0 Å². The predicted octanol–water partition coefficient (Wildman–Crippen LogP) is 10.7. The second-order valence-corrected chi connectivity index (χ2v) is 9.53. The van der Waals surface area contributed by atoms with Gasteiger partial charge in [0.25, 0.3) is 0 Å². The lowest BCUT2D eigenvalue weighted by atomic mass is 10.0. The first kappa shape index (κ1) is 25.8. The molecule has 1 aliphatic rings. The van der Waals surface area contributed by atoms with E-state index in [4.69, 9.17) is 0 Å². The van der Waals surface area contributed by atoms with Crippen molar-refractivity contribution in [2.24, 2.45) is 0 Å². The molecule has 0 aliphatic heterocycles. The first-order valence-electron chi connectivity index (χ1n) is 13.6. The van der Waals surface area contributed by atoms with E-state index in [1.54, 1.807) is 0 Å². The predicted molar refractivity (Wildman–Crippen MR) is 129 cm³/mol. The third kappa shape index (κ3) is 20.5. The molecule has 0 spiro atoms. The quantitative estimate of drug-likeness (QED) is 0.361. The molecular formula is C28H54. The highest BCUT2D eigenvalue weighted by atomic mass is 14.0. The van der Waals surface area contributed by atoms with Crippen molar-refractivity contribution in [3.8, 4) is 0 Å². The van der Waals surface area contributed by atoms with Crippen molar-refractivity contribution in [2.75, 3.05) is 0 Å². The molecule has 0 aromatic rings. The van der Waals surface area contributed by atoms with Crippen LogP contribution in [0, 0.1) is 0 Å². The molecule has 1 rings (SSSR count). The summed E-state index contributed by atoms with van der Waals surface area (Å²) in [5, 5.41) is 0. The summed E-state index contributed by atoms with van der Waals surface area (Å²) in [5.74, 6) is 0. The third-order valence-corrected chi connectivity index (χ3v) is 6.66. The van der Waals surface area contributed by atoms with E-state index in [1.807, 2.05) is 0 Å². The van der Waals surface area contributed by atoms with Crippen LogP contribution in [0.4, 0.5) is 0 Å². The van der Waals surface area contributed by atoms with Gasteiger partial charge in [-0.1, -0.05) is 153 Å². The van der Waals surface area contributed by atoms with E-state index < -0.39 is 0 Å². The highest BCUT2D eigenvalue weighted by Crippen LogP contribution is 2.16. The van der Waals surface area contributed by atoms with E-state index in [-0.39, 0.29) is 0 Å². The van der Waals surface area contributed by atoms with Gasteiger partial charge in [-0.2, -0.15) is 0 Å². The zero-order valence-corrected chi connectivity index (χ0v) is 19.5. The molecule has 0 N–H and O–H groups in total. The molecular weight excluding hydrogens is 336 g/mol. The SMILES string of the molecule is C1=C/CCCCCCCCCCCCCCCCCCCCCCCCCC/1. The molecule has 0 aromatic carbocycles. The maximum absolute atomic E-state index is 2.45. The molecule has 0 radical (unpaired) electrons. The fourth-order valence-corrected chi connectivity index (χ4v) is 4.65. The zero-order chi connectivity index (χ0) is 19.8. The lowest BCUT2D eigenvalue weighted by molar-refractivity contribution is 0.516. The van der Waals surface area contributed by atoms with Crippen molar-refractivity contribution >= 4 is 0 Å². The van der Waals surface area contributed by atoms with E-state index in [0.29, 0.717) is 0 Å². The van der Waals surface area contributed by atoms with Gasteiger partial charge >= 0.3 is 0 Å². The first-order chi connectivity index (χ1) is 14.0. The topological polar surface area (TPSA) is 0 Å². The van der Waals surface area contributed by atoms with Crippen LogP contribution < -0.4 is 0 Å². The van der Waals surface area contributed by atoms with E-state index in [2.05, 4.69) is 12.2 Å². The van der Waals surface area contributed by atoms with Crippen LogP contribution in [0.3, 0.4) is 0 Å². The molecule has 0 bridgehead atoms. The summed E-state index contributed by atoms with van der Waals surface area (Å²) in [6.07, 6.45) is 43.0. The van der Waals surface area contributed by atoms with Crippen LogP contribution in [0.5, 0.6) is 0 Å². The molecule has 0 saturated heterocycles. The van der Waals surface area contributed by atoms with Gasteiger partial charge in [0.05, 0.1) is 0 Å². The van der Waals surface area contributed by atoms with Crippen molar-refractivity contribution in [3.63, 3.8) is 0 Å². The smallest absolute Gasteiger partial charge is 0.0351 e. The fraction of sp³-hybridized carbons (Fsp3) is 0.929. The molecule has 0 heteroatoms. The standard InChI is InChI=1S/C28H54/c1-2-4-6-8-10-12-14-16-18-20-22-24-26-28-27-25-23-21-19-17-15-13-11-9-7-5-3-1/h1-2H,3-28H2/b2-1+. The minimum absolute atomic E-state index is 1.32. The number of hydrogen-bond donors (Lipinski definition) is 0. The number of allylic oxidation sites excluding steroid dienone is 2. The van der Waals surface area contributed by atoms with Gasteiger partial charge in [0, 0.05) is 0 Å². The number of rotatable bonds is 0. The van der Waals surface area contributed by atoms with Crippen LogP contribution in [0.1, 0.15) is 167 Å². The van der Waals surface area contributed by atoms with E-state index in [9.17, 15) is 0 Å². The molecule has 28 heavy (non-hydrogen) atoms. The first-order valence-corrected chi connectivity index (χ1v) is 13.6. The Bertz CT molecular complexity index is 273. The second-order valence-electron chi connectivity index (χ2n) is 9.53. The maximum Gasteiger partial charge on any atom is -0.0351 e. The van der Waals surface area contributed by atoms with Gasteiger partial charge in [-0.25, -0.2) is 0 Å². The van der Waals surface area contributed by atoms with E-state index in [1.165, 1.54) is 167 Å². The molecule has 0 nitrogen and oxygen atoms in total. The normalized spacial score (nSPS) is 24.6. The monoisotopic (exact) mass is 390 g/mol. The van der Waals surface area contributed by atoms with Crippen LogP contribution in [-0.4, -0.2) is 0 Å². The lowest BCUT2D eigenvalue weighted by Gasteiger charge is -2.04. The van der Waals surface area contributed by atoms with Gasteiger partial charge < -0.3 is 0 Å². The summed E-state index contributed by atoms with van der Waals surface area (Å²) >= 11 is 0. The van der Waals surface area contributed by atoms with Crippen molar-refractivity contribution in [1.29, 1.82) is 0 Å². The number of hydrogen-bond acceptors (Lipinski definition) is 0. The minimum Gasteiger partial charge on any atom is -0.0885 e. The molecule has 0 aromatic heterocycles. The Balaban J connectivity index is 2.04. The maximum atomic E-state index is 2.45. The van der Waals surface area contributed by atoms with Crippen LogP contribution >= 0.6 is 0 Å². The van der Waals surface area contributed by atoms with Crippen LogP contribution in [-0.2, 0) is 0 Å². The second kappa shape index (κ2) is 23.0. The van der Waals surface area contributed by atoms with Gasteiger partial charge in [0.2, 0.25) is 0 Å². The molecule has 0 amide bonds. The largest absolute Gasteiger partial charge is 0.0885 e. The van der Waals surface area contributed by atoms with Crippen LogP contribution in [0.15, 0.2) is 12.2 Å². The fourth-order valence-electron chi connectivity index (χ4n) is 4.65. The molecule has 1 aliphatic carbocycles. The van der Waals surface area contributed by atoms with Crippen LogP contribution in [0.2, 0.25) is 0 Å². The lowest BCUT2D eigenvalue weighted by Crippen LogP contribution is -1.85. The highest BCUT2D eigenvalue weighted by molar-refractivity contribution is 4.81. The molecule has 0 unspecified atom stereocenters. The molecule has 166 valence electrons. The Hall–Kier alpha value is -0.260. The summed E-state index contributed by atoms with van der Waals surface area (Å²) in [6.45, 7) is 0. The Morgan fingerprint density at radius 3 is 0.500 bits per heavy atom. The summed E-state index contributed by atoms with van der Waals surface area (Å²) in [4.78, 5) is 0. The van der Waals surface area contributed by atoms with Crippen molar-refractivity contribution in [1.82, 2.24) is 0 Å². The van der Waals surface area contributed by atoms with Crippen molar-refractivity contribution < 1.29 is 0 Å². The van der Waals surface area contributed by atoms with Crippen LogP contribution in [0.25, 0.3) is 0 Å². The van der Waals surface area contributed by atoms with Gasteiger partial charge in [-0.05, 0) is 25.7 Å². The van der Waals surface area contributed by atoms with Gasteiger partial charge in [-0.3, -0.25) is 0 Å². The van der Waals surface area contributed by atoms with Crippen molar-refractivity contribution in [2.45, 2.75) is 167 Å². The molecule has 0 heterocycles. The summed E-state index contributed by atoms with van der Waals surface area (Å²) in [5.41, 5.74) is 0. The zero-order valence-electron chi connectivity index (χ0n) is 19.5. The van der Waals surface area contributed by atoms with Gasteiger partial charge in [0.1, 0.15) is 0 Å². The average molecular weight is 391 g/mol. The Morgan fingerprint density at radius 2 is 0.321 bits per heavy atom. The minimum atomic E-state index is 1.32. The Kier molecular flexibility index (Phi) is 21.2. The van der Waals surface area contributed by atoms with E-state index in [0.717, 1.165) is 0 Å². The summed E-state index contributed by atoms with van der Waals surface area (Å²) in [7, 11) is 0. The Morgan fingerprint density at radius 1 is 0.179 bits per heavy atom.